The Labute approximate surface area is 120 Å². The number of carbonyl (C=O) groups excluding carboxylic acids is 1. The topological polar surface area (TPSA) is 50.8 Å². The van der Waals surface area contributed by atoms with Gasteiger partial charge in [0.05, 0.1) is 19.9 Å². The first-order valence-corrected chi connectivity index (χ1v) is 6.84. The van der Waals surface area contributed by atoms with Crippen LogP contribution in [-0.2, 0) is 4.79 Å². The third-order valence-electron chi connectivity index (χ3n) is 3.22. The second-order valence-corrected chi connectivity index (χ2v) is 4.44. The third kappa shape index (κ3) is 3.79. The quantitative estimate of drug-likeness (QED) is 0.833. The minimum atomic E-state index is -0.323. The van der Waals surface area contributed by atoms with E-state index in [1.54, 1.807) is 19.1 Å². The molecule has 0 saturated carbocycles. The molecule has 0 aliphatic carbocycles. The molecule has 0 aliphatic rings. The number of hydrogen-bond donors (Lipinski definition) is 1. The van der Waals surface area contributed by atoms with Gasteiger partial charge in [-0.05, 0) is 32.9 Å². The van der Waals surface area contributed by atoms with E-state index in [1.807, 2.05) is 39.0 Å². The molecule has 1 N–H and O–H groups in total. The fourth-order valence-electron chi connectivity index (χ4n) is 2.03. The predicted molar refractivity (Wildman–Crippen MR) is 80.6 cm³/mol. The Morgan fingerprint density at radius 1 is 1.25 bits per heavy atom. The number of amides is 1. The number of nitrogens with one attached hydrogen (secondary N) is 1. The Kier molecular flexibility index (Phi) is 6.15. The molecule has 112 valence electrons. The summed E-state index contributed by atoms with van der Waals surface area (Å²) in [6.07, 6.45) is 0. The summed E-state index contributed by atoms with van der Waals surface area (Å²) in [5, 5.41) is 3.19. The van der Waals surface area contributed by atoms with Crippen LogP contribution in [0.3, 0.4) is 0 Å². The predicted octanol–water partition coefficient (Wildman–Crippen LogP) is 2.37. The number of methoxy groups -OCH3 is 2. The van der Waals surface area contributed by atoms with Crippen LogP contribution < -0.4 is 14.8 Å². The zero-order valence-corrected chi connectivity index (χ0v) is 12.9. The Balaban J connectivity index is 2.88. The fourth-order valence-corrected chi connectivity index (χ4v) is 2.03. The Morgan fingerprint density at radius 3 is 2.40 bits per heavy atom. The molecule has 1 amide bonds. The van der Waals surface area contributed by atoms with E-state index in [0.29, 0.717) is 18.8 Å². The number of nitrogens with zero attached hydrogens (tertiary/aromatic N) is 1. The van der Waals surface area contributed by atoms with E-state index in [9.17, 15) is 4.79 Å². The van der Waals surface area contributed by atoms with Crippen molar-refractivity contribution in [2.75, 3.05) is 32.6 Å². The van der Waals surface area contributed by atoms with Gasteiger partial charge in [0.25, 0.3) is 0 Å². The second kappa shape index (κ2) is 7.62. The fraction of sp³-hybridized carbons (Fsp3) is 0.533. The average Bonchev–Trinajstić information content (AvgIpc) is 2.48. The Hall–Kier alpha value is -1.91. The lowest BCUT2D eigenvalue weighted by Gasteiger charge is -2.24. The molecule has 5 heteroatoms. The summed E-state index contributed by atoms with van der Waals surface area (Å²) in [4.78, 5) is 14.1. The number of hydrogen-bond acceptors (Lipinski definition) is 4. The smallest absolute Gasteiger partial charge is 0.244 e. The highest BCUT2D eigenvalue weighted by Crippen LogP contribution is 2.29. The average molecular weight is 280 g/mol. The summed E-state index contributed by atoms with van der Waals surface area (Å²) >= 11 is 0. The minimum absolute atomic E-state index is 0.0693. The van der Waals surface area contributed by atoms with E-state index in [0.717, 1.165) is 11.4 Å². The van der Waals surface area contributed by atoms with Crippen molar-refractivity contribution in [2.45, 2.75) is 26.8 Å². The van der Waals surface area contributed by atoms with Gasteiger partial charge in [0.1, 0.15) is 17.5 Å². The lowest BCUT2D eigenvalue weighted by Crippen LogP contribution is -2.41. The van der Waals surface area contributed by atoms with Crippen molar-refractivity contribution in [1.82, 2.24) is 4.90 Å². The van der Waals surface area contributed by atoms with Gasteiger partial charge in [-0.2, -0.15) is 0 Å². The summed E-state index contributed by atoms with van der Waals surface area (Å²) in [6, 6.07) is 5.14. The summed E-state index contributed by atoms with van der Waals surface area (Å²) in [6.45, 7) is 7.20. The molecule has 1 rings (SSSR count). The van der Waals surface area contributed by atoms with E-state index in [1.165, 1.54) is 0 Å². The summed E-state index contributed by atoms with van der Waals surface area (Å²) < 4.78 is 10.5. The van der Waals surface area contributed by atoms with Gasteiger partial charge in [-0.25, -0.2) is 0 Å². The molecule has 0 aliphatic heterocycles. The summed E-state index contributed by atoms with van der Waals surface area (Å²) in [7, 11) is 3.21. The lowest BCUT2D eigenvalue weighted by atomic mass is 10.2. The van der Waals surface area contributed by atoms with E-state index in [-0.39, 0.29) is 11.9 Å². The number of likely N-dealkylation sites (N-methyl/N-ethyl adjacent to an activating group) is 1. The molecular weight excluding hydrogens is 256 g/mol. The maximum atomic E-state index is 12.3. The molecule has 1 atom stereocenters. The van der Waals surface area contributed by atoms with Crippen molar-refractivity contribution in [3.8, 4) is 11.5 Å². The molecule has 1 aromatic rings. The second-order valence-electron chi connectivity index (χ2n) is 4.44. The highest BCUT2D eigenvalue weighted by atomic mass is 16.5. The molecule has 0 spiro atoms. The van der Waals surface area contributed by atoms with Crippen LogP contribution in [0.5, 0.6) is 11.5 Å². The van der Waals surface area contributed by atoms with Crippen molar-refractivity contribution in [3.63, 3.8) is 0 Å². The molecule has 0 radical (unpaired) electrons. The van der Waals surface area contributed by atoms with Crippen molar-refractivity contribution >= 4 is 11.6 Å². The van der Waals surface area contributed by atoms with Gasteiger partial charge in [0, 0.05) is 19.2 Å². The first-order valence-electron chi connectivity index (χ1n) is 6.84. The van der Waals surface area contributed by atoms with Gasteiger partial charge in [-0.15, -0.1) is 0 Å². The van der Waals surface area contributed by atoms with E-state index in [4.69, 9.17) is 9.47 Å². The molecule has 0 heterocycles. The highest BCUT2D eigenvalue weighted by molar-refractivity contribution is 5.85. The third-order valence-corrected chi connectivity index (χ3v) is 3.22. The van der Waals surface area contributed by atoms with Crippen molar-refractivity contribution in [2.24, 2.45) is 0 Å². The summed E-state index contributed by atoms with van der Waals surface area (Å²) in [5.74, 6) is 1.47. The number of carbonyl (C=O) groups is 1. The molecule has 1 aromatic carbocycles. The van der Waals surface area contributed by atoms with E-state index in [2.05, 4.69) is 5.32 Å². The largest absolute Gasteiger partial charge is 0.497 e. The van der Waals surface area contributed by atoms with Crippen LogP contribution >= 0.6 is 0 Å². The number of benzene rings is 1. The maximum Gasteiger partial charge on any atom is 0.244 e. The monoisotopic (exact) mass is 280 g/mol. The highest BCUT2D eigenvalue weighted by Gasteiger charge is 2.19. The van der Waals surface area contributed by atoms with Gasteiger partial charge in [0.2, 0.25) is 5.91 Å². The molecule has 0 fully saturated rings. The normalized spacial score (nSPS) is 11.7. The minimum Gasteiger partial charge on any atom is -0.497 e. The maximum absolute atomic E-state index is 12.3. The zero-order chi connectivity index (χ0) is 15.1. The lowest BCUT2D eigenvalue weighted by molar-refractivity contribution is -0.131. The van der Waals surface area contributed by atoms with Crippen LogP contribution in [0.4, 0.5) is 5.69 Å². The first-order chi connectivity index (χ1) is 9.57. The SMILES string of the molecule is CCN(CC)C(=O)C(C)Nc1cc(OC)ccc1OC. The number of ether oxygens (including phenoxy) is 2. The van der Waals surface area contributed by atoms with Crippen LogP contribution in [-0.4, -0.2) is 44.2 Å². The summed E-state index contributed by atoms with van der Waals surface area (Å²) in [5.41, 5.74) is 0.750. The zero-order valence-electron chi connectivity index (χ0n) is 12.9. The van der Waals surface area contributed by atoms with Crippen LogP contribution in [0.1, 0.15) is 20.8 Å². The van der Waals surface area contributed by atoms with Crippen LogP contribution in [0.15, 0.2) is 18.2 Å². The van der Waals surface area contributed by atoms with Crippen molar-refractivity contribution < 1.29 is 14.3 Å². The van der Waals surface area contributed by atoms with Crippen LogP contribution in [0.25, 0.3) is 0 Å². The van der Waals surface area contributed by atoms with Crippen LogP contribution in [0, 0.1) is 0 Å². The molecular formula is C15H24N2O3. The van der Waals surface area contributed by atoms with Gasteiger partial charge >= 0.3 is 0 Å². The van der Waals surface area contributed by atoms with Crippen LogP contribution in [0.2, 0.25) is 0 Å². The van der Waals surface area contributed by atoms with Gasteiger partial charge in [0.15, 0.2) is 0 Å². The number of anilines is 1. The Bertz CT molecular complexity index is 445. The van der Waals surface area contributed by atoms with Gasteiger partial charge in [-0.1, -0.05) is 0 Å². The molecule has 1 unspecified atom stereocenters. The van der Waals surface area contributed by atoms with E-state index < -0.39 is 0 Å². The van der Waals surface area contributed by atoms with Gasteiger partial charge in [-0.3, -0.25) is 4.79 Å². The van der Waals surface area contributed by atoms with Crippen molar-refractivity contribution in [1.29, 1.82) is 0 Å². The molecule has 0 saturated heterocycles. The molecule has 0 bridgehead atoms. The first kappa shape index (κ1) is 16.1. The molecule has 5 nitrogen and oxygen atoms in total. The van der Waals surface area contributed by atoms with E-state index >= 15 is 0 Å². The molecule has 20 heavy (non-hydrogen) atoms. The van der Waals surface area contributed by atoms with Gasteiger partial charge < -0.3 is 19.7 Å². The van der Waals surface area contributed by atoms with Crippen molar-refractivity contribution in [3.05, 3.63) is 18.2 Å². The molecule has 0 aromatic heterocycles. The number of rotatable bonds is 7. The Morgan fingerprint density at radius 2 is 1.90 bits per heavy atom. The standard InChI is InChI=1S/C15H24N2O3/c1-6-17(7-2)15(18)11(3)16-13-10-12(19-4)8-9-14(13)20-5/h8-11,16H,6-7H2,1-5H3.